The summed E-state index contributed by atoms with van der Waals surface area (Å²) >= 11 is -1.99. The Labute approximate surface area is 126 Å². The van der Waals surface area contributed by atoms with E-state index in [4.69, 9.17) is 0 Å². The van der Waals surface area contributed by atoms with Crippen molar-refractivity contribution in [3.05, 3.63) is 42.0 Å². The van der Waals surface area contributed by atoms with E-state index in [1.165, 1.54) is 10.8 Å². The number of aliphatic hydroxyl groups excluding tert-OH is 1. The first-order chi connectivity index (χ1) is 9.27. The third-order valence-electron chi connectivity index (χ3n) is 3.81. The molecular formula is C18H26OSn. The number of rotatable bonds is 4. The van der Waals surface area contributed by atoms with Crippen LogP contribution in [0.2, 0.25) is 14.8 Å². The van der Waals surface area contributed by atoms with Gasteiger partial charge < -0.3 is 0 Å². The van der Waals surface area contributed by atoms with Crippen LogP contribution in [0.15, 0.2) is 36.4 Å². The molecule has 0 saturated heterocycles. The maximum absolute atomic E-state index is 10.2. The summed E-state index contributed by atoms with van der Waals surface area (Å²) in [4.78, 5) is 7.32. The summed E-state index contributed by atoms with van der Waals surface area (Å²) in [5.41, 5.74) is 1.04. The quantitative estimate of drug-likeness (QED) is 0.780. The Balaban J connectivity index is 2.36. The molecule has 2 aromatic carbocycles. The van der Waals surface area contributed by atoms with Crippen molar-refractivity contribution in [2.24, 2.45) is 5.92 Å². The fourth-order valence-electron chi connectivity index (χ4n) is 2.52. The molecule has 2 aromatic rings. The van der Waals surface area contributed by atoms with Crippen LogP contribution in [0.25, 0.3) is 10.8 Å². The number of fused-ring (bicyclic) bond motifs is 1. The fraction of sp³-hybridized carbons (Fsp3) is 0.444. The van der Waals surface area contributed by atoms with E-state index in [-0.39, 0.29) is 6.10 Å². The third-order valence-corrected chi connectivity index (χ3v) is 9.64. The Morgan fingerprint density at radius 3 is 2.15 bits per heavy atom. The molecule has 0 saturated carbocycles. The molecule has 20 heavy (non-hydrogen) atoms. The minimum atomic E-state index is -1.99. The molecule has 0 aliphatic rings. The van der Waals surface area contributed by atoms with E-state index in [0.29, 0.717) is 5.92 Å². The third kappa shape index (κ3) is 3.76. The van der Waals surface area contributed by atoms with Gasteiger partial charge in [0.2, 0.25) is 0 Å². The molecule has 0 spiro atoms. The van der Waals surface area contributed by atoms with Gasteiger partial charge in [0.05, 0.1) is 0 Å². The molecule has 1 nitrogen and oxygen atoms in total. The van der Waals surface area contributed by atoms with Gasteiger partial charge in [0, 0.05) is 0 Å². The van der Waals surface area contributed by atoms with Gasteiger partial charge in [-0.15, -0.1) is 0 Å². The predicted molar refractivity (Wildman–Crippen MR) is 91.3 cm³/mol. The average Bonchev–Trinajstić information content (AvgIpc) is 2.35. The van der Waals surface area contributed by atoms with Crippen molar-refractivity contribution >= 4 is 32.7 Å². The summed E-state index contributed by atoms with van der Waals surface area (Å²) < 4.78 is 1.56. The molecule has 0 radical (unpaired) electrons. The van der Waals surface area contributed by atoms with Crippen LogP contribution >= 0.6 is 0 Å². The zero-order chi connectivity index (χ0) is 14.9. The van der Waals surface area contributed by atoms with Crippen molar-refractivity contribution < 1.29 is 5.11 Å². The first-order valence-corrected chi connectivity index (χ1v) is 17.5. The van der Waals surface area contributed by atoms with E-state index in [9.17, 15) is 5.11 Å². The molecule has 0 heterocycles. The van der Waals surface area contributed by atoms with Crippen LogP contribution in [0.5, 0.6) is 0 Å². The van der Waals surface area contributed by atoms with Crippen LogP contribution < -0.4 is 3.58 Å². The molecule has 0 fully saturated rings. The monoisotopic (exact) mass is 378 g/mol. The van der Waals surface area contributed by atoms with E-state index >= 15 is 0 Å². The van der Waals surface area contributed by atoms with Gasteiger partial charge in [-0.3, -0.25) is 0 Å². The van der Waals surface area contributed by atoms with Crippen LogP contribution in [-0.4, -0.2) is 23.5 Å². The average molecular weight is 377 g/mol. The molecular weight excluding hydrogens is 351 g/mol. The Morgan fingerprint density at radius 1 is 0.950 bits per heavy atom. The predicted octanol–water partition coefficient (Wildman–Crippen LogP) is 4.46. The van der Waals surface area contributed by atoms with Crippen LogP contribution in [0.3, 0.4) is 0 Å². The minimum absolute atomic E-state index is 0.346. The van der Waals surface area contributed by atoms with Crippen molar-refractivity contribution in [2.75, 3.05) is 0 Å². The van der Waals surface area contributed by atoms with E-state index in [0.717, 1.165) is 12.0 Å². The summed E-state index contributed by atoms with van der Waals surface area (Å²) in [5, 5.41) is 12.8. The molecule has 0 bridgehead atoms. The van der Waals surface area contributed by atoms with Crippen molar-refractivity contribution in [3.8, 4) is 0 Å². The molecule has 108 valence electrons. The Hall–Kier alpha value is -0.541. The summed E-state index contributed by atoms with van der Waals surface area (Å²) in [7, 11) is 0. The number of benzene rings is 2. The van der Waals surface area contributed by atoms with Gasteiger partial charge in [-0.25, -0.2) is 0 Å². The maximum atomic E-state index is 10.2. The van der Waals surface area contributed by atoms with E-state index in [1.807, 2.05) is 0 Å². The molecule has 1 atom stereocenters. The van der Waals surface area contributed by atoms with E-state index in [2.05, 4.69) is 65.1 Å². The fourth-order valence-corrected chi connectivity index (χ4v) is 5.87. The Morgan fingerprint density at radius 2 is 1.55 bits per heavy atom. The van der Waals surface area contributed by atoms with Crippen molar-refractivity contribution in [1.29, 1.82) is 0 Å². The van der Waals surface area contributed by atoms with Gasteiger partial charge in [-0.2, -0.15) is 0 Å². The molecule has 0 amide bonds. The van der Waals surface area contributed by atoms with Gasteiger partial charge in [-0.1, -0.05) is 0 Å². The molecule has 0 aromatic heterocycles. The van der Waals surface area contributed by atoms with Crippen LogP contribution in [0.1, 0.15) is 31.9 Å². The van der Waals surface area contributed by atoms with Crippen molar-refractivity contribution in [3.63, 3.8) is 0 Å². The van der Waals surface area contributed by atoms with Gasteiger partial charge >= 0.3 is 127 Å². The summed E-state index contributed by atoms with van der Waals surface area (Å²) in [6.45, 7) is 4.29. The van der Waals surface area contributed by atoms with Crippen LogP contribution in [-0.2, 0) is 0 Å². The molecule has 1 N–H and O–H groups in total. The number of hydrogen-bond donors (Lipinski definition) is 1. The zero-order valence-corrected chi connectivity index (χ0v) is 16.1. The molecule has 2 heteroatoms. The second-order valence-electron chi connectivity index (χ2n) is 7.22. The summed E-state index contributed by atoms with van der Waals surface area (Å²) in [6.07, 6.45) is 0.475. The molecule has 2 rings (SSSR count). The van der Waals surface area contributed by atoms with Crippen LogP contribution in [0, 0.1) is 5.92 Å². The molecule has 0 aliphatic heterocycles. The molecule has 1 unspecified atom stereocenters. The summed E-state index contributed by atoms with van der Waals surface area (Å²) in [6, 6.07) is 13.2. The first kappa shape index (κ1) is 15.8. The zero-order valence-electron chi connectivity index (χ0n) is 13.3. The van der Waals surface area contributed by atoms with Gasteiger partial charge in [-0.05, 0) is 0 Å². The topological polar surface area (TPSA) is 20.2 Å². The first-order valence-electron chi connectivity index (χ1n) is 7.49. The second kappa shape index (κ2) is 6.06. The number of hydrogen-bond acceptors (Lipinski definition) is 1. The van der Waals surface area contributed by atoms with Gasteiger partial charge in [0.25, 0.3) is 0 Å². The van der Waals surface area contributed by atoms with Crippen molar-refractivity contribution in [1.82, 2.24) is 0 Å². The normalized spacial score (nSPS) is 13.9. The van der Waals surface area contributed by atoms with Gasteiger partial charge in [0.15, 0.2) is 0 Å². The second-order valence-corrected chi connectivity index (χ2v) is 21.7. The van der Waals surface area contributed by atoms with E-state index in [1.54, 1.807) is 3.58 Å². The summed E-state index contributed by atoms with van der Waals surface area (Å²) in [5.74, 6) is 0.512. The van der Waals surface area contributed by atoms with Crippen molar-refractivity contribution in [2.45, 2.75) is 41.2 Å². The molecule has 0 aliphatic carbocycles. The van der Waals surface area contributed by atoms with Gasteiger partial charge in [0.1, 0.15) is 0 Å². The number of aliphatic hydroxyl groups is 1. The SMILES string of the molecule is CC(C)CC(O)c1ccc2c[c]([Sn]([CH3])([CH3])[CH3])ccc2c1. The Kier molecular flexibility index (Phi) is 4.80. The Bertz CT molecular complexity index is 596. The standard InChI is InChI=1S/C15H17O.3CH3.Sn/c1-11(2)9-15(16)14-8-7-12-5-3-4-6-13(12)10-14;;;;/h4-8,10-11,15-16H,9H2,1-2H3;3*1H3;. The van der Waals surface area contributed by atoms with Crippen LogP contribution in [0.4, 0.5) is 0 Å². The van der Waals surface area contributed by atoms with E-state index < -0.39 is 18.4 Å².